The number of nitrogens with zero attached hydrogens (tertiary/aromatic N) is 2. The molecule has 3 aromatic rings. The lowest BCUT2D eigenvalue weighted by molar-refractivity contribution is 0.0600. The first kappa shape index (κ1) is 19.4. The number of hydrogen-bond acceptors (Lipinski definition) is 4. The van der Waals surface area contributed by atoms with Crippen LogP contribution in [-0.4, -0.2) is 43.2 Å². The Balaban J connectivity index is 2.13. The second kappa shape index (κ2) is 8.12. The Bertz CT molecular complexity index is 1160. The predicted molar refractivity (Wildman–Crippen MR) is 111 cm³/mol. The number of aryl methyl sites for hydroxylation is 1. The molecule has 0 N–H and O–H groups in total. The number of pyridine rings is 1. The number of hydrogen-bond donors (Lipinski definition) is 0. The molecule has 0 aliphatic carbocycles. The summed E-state index contributed by atoms with van der Waals surface area (Å²) in [7, 11) is 5.25. The van der Waals surface area contributed by atoms with Crippen LogP contribution in [0.25, 0.3) is 16.5 Å². The smallest absolute Gasteiger partial charge is 0.337 e. The van der Waals surface area contributed by atoms with Crippen molar-refractivity contribution in [1.29, 1.82) is 0 Å². The molecule has 5 heteroatoms. The number of carbonyl (C=O) groups is 1. The molecule has 0 unspecified atom stereocenters. The third kappa shape index (κ3) is 3.98. The van der Waals surface area contributed by atoms with Crippen LogP contribution < -0.4 is 5.56 Å². The first-order valence-electron chi connectivity index (χ1n) is 8.89. The van der Waals surface area contributed by atoms with Gasteiger partial charge in [0.15, 0.2) is 0 Å². The van der Waals surface area contributed by atoms with Crippen molar-refractivity contribution in [1.82, 2.24) is 9.47 Å². The van der Waals surface area contributed by atoms with Gasteiger partial charge in [-0.1, -0.05) is 24.0 Å². The summed E-state index contributed by atoms with van der Waals surface area (Å²) in [6.07, 6.45) is 1.73. The normalized spacial score (nSPS) is 10.6. The molecule has 0 atom stereocenters. The van der Waals surface area contributed by atoms with Crippen LogP contribution in [0.3, 0.4) is 0 Å². The Kier molecular flexibility index (Phi) is 5.62. The molecule has 0 aliphatic rings. The minimum atomic E-state index is -0.437. The Labute approximate surface area is 164 Å². The van der Waals surface area contributed by atoms with Crippen molar-refractivity contribution in [3.8, 4) is 17.5 Å². The van der Waals surface area contributed by atoms with Crippen molar-refractivity contribution in [3.05, 3.63) is 75.7 Å². The molecule has 1 heterocycles. The van der Waals surface area contributed by atoms with Gasteiger partial charge in [-0.25, -0.2) is 4.79 Å². The van der Waals surface area contributed by atoms with E-state index in [1.807, 2.05) is 50.2 Å². The summed E-state index contributed by atoms with van der Waals surface area (Å²) in [4.78, 5) is 27.0. The van der Waals surface area contributed by atoms with Gasteiger partial charge in [-0.15, -0.1) is 0 Å². The fourth-order valence-corrected chi connectivity index (χ4v) is 2.92. The summed E-state index contributed by atoms with van der Waals surface area (Å²) in [6.45, 7) is 2.55. The van der Waals surface area contributed by atoms with Crippen LogP contribution in [0.4, 0.5) is 0 Å². The summed E-state index contributed by atoms with van der Waals surface area (Å²) >= 11 is 0. The third-order valence-electron chi connectivity index (χ3n) is 4.42. The Morgan fingerprint density at radius 1 is 1.14 bits per heavy atom. The lowest BCUT2D eigenvalue weighted by Crippen LogP contribution is -2.19. The average molecular weight is 374 g/mol. The maximum atomic E-state index is 13.2. The Morgan fingerprint density at radius 3 is 2.64 bits per heavy atom. The average Bonchev–Trinajstić information content (AvgIpc) is 2.68. The zero-order valence-corrected chi connectivity index (χ0v) is 16.4. The number of aromatic nitrogens is 1. The van der Waals surface area contributed by atoms with Crippen molar-refractivity contribution in [2.75, 3.05) is 27.7 Å². The highest BCUT2D eigenvalue weighted by atomic mass is 16.5. The molecule has 0 amide bonds. The SMILES string of the molecule is COC(=O)c1ccc(C)c(-n2ccc3ccc(C#CCN(C)C)cc3c2=O)c1. The van der Waals surface area contributed by atoms with Crippen molar-refractivity contribution >= 4 is 16.7 Å². The monoisotopic (exact) mass is 374 g/mol. The molecule has 0 saturated heterocycles. The summed E-state index contributed by atoms with van der Waals surface area (Å²) in [5.74, 6) is 5.74. The maximum absolute atomic E-state index is 13.2. The van der Waals surface area contributed by atoms with Crippen LogP contribution in [0, 0.1) is 18.8 Å². The fraction of sp³-hybridized carbons (Fsp3) is 0.217. The largest absolute Gasteiger partial charge is 0.465 e. The zero-order valence-electron chi connectivity index (χ0n) is 16.4. The van der Waals surface area contributed by atoms with Gasteiger partial charge in [-0.2, -0.15) is 0 Å². The first-order chi connectivity index (χ1) is 13.4. The first-order valence-corrected chi connectivity index (χ1v) is 8.89. The highest BCUT2D eigenvalue weighted by Crippen LogP contribution is 2.18. The molecule has 0 bridgehead atoms. The van der Waals surface area contributed by atoms with Gasteiger partial charge in [0.1, 0.15) is 0 Å². The molecule has 142 valence electrons. The van der Waals surface area contributed by atoms with Gasteiger partial charge in [0.2, 0.25) is 0 Å². The van der Waals surface area contributed by atoms with Crippen molar-refractivity contribution in [3.63, 3.8) is 0 Å². The summed E-state index contributed by atoms with van der Waals surface area (Å²) in [5.41, 5.74) is 2.58. The van der Waals surface area contributed by atoms with Gasteiger partial charge < -0.3 is 4.74 Å². The molecule has 0 radical (unpaired) electrons. The molecular weight excluding hydrogens is 352 g/mol. The molecular formula is C23H22N2O3. The van der Waals surface area contributed by atoms with Crippen LogP contribution in [0.5, 0.6) is 0 Å². The molecule has 2 aromatic carbocycles. The van der Waals surface area contributed by atoms with E-state index in [0.717, 1.165) is 16.5 Å². The minimum Gasteiger partial charge on any atom is -0.465 e. The second-order valence-electron chi connectivity index (χ2n) is 6.83. The molecule has 5 nitrogen and oxygen atoms in total. The van der Waals surface area contributed by atoms with Crippen LogP contribution in [0.2, 0.25) is 0 Å². The minimum absolute atomic E-state index is 0.154. The van der Waals surface area contributed by atoms with Crippen molar-refractivity contribution in [2.45, 2.75) is 6.92 Å². The maximum Gasteiger partial charge on any atom is 0.337 e. The predicted octanol–water partition coefficient (Wildman–Crippen LogP) is 3.00. The topological polar surface area (TPSA) is 51.5 Å². The summed E-state index contributed by atoms with van der Waals surface area (Å²) in [5, 5.41) is 1.43. The third-order valence-corrected chi connectivity index (χ3v) is 4.42. The van der Waals surface area contributed by atoms with E-state index in [0.29, 0.717) is 23.2 Å². The molecule has 28 heavy (non-hydrogen) atoms. The number of methoxy groups -OCH3 is 1. The molecule has 0 saturated carbocycles. The van der Waals surface area contributed by atoms with Gasteiger partial charge in [0.05, 0.1) is 24.9 Å². The van der Waals surface area contributed by atoms with E-state index in [1.165, 1.54) is 7.11 Å². The Hall–Kier alpha value is -3.36. The van der Waals surface area contributed by atoms with Gasteiger partial charge in [0, 0.05) is 17.1 Å². The van der Waals surface area contributed by atoms with E-state index in [1.54, 1.807) is 29.0 Å². The lowest BCUT2D eigenvalue weighted by Gasteiger charge is -2.12. The van der Waals surface area contributed by atoms with Gasteiger partial charge in [-0.05, 0) is 62.3 Å². The molecule has 0 fully saturated rings. The van der Waals surface area contributed by atoms with Crippen LogP contribution in [0.1, 0.15) is 21.5 Å². The van der Waals surface area contributed by atoms with Gasteiger partial charge in [-0.3, -0.25) is 14.3 Å². The molecule has 3 rings (SSSR count). The second-order valence-corrected chi connectivity index (χ2v) is 6.83. The molecule has 1 aromatic heterocycles. The quantitative estimate of drug-likeness (QED) is 0.522. The number of carbonyl (C=O) groups excluding carboxylic acids is 1. The van der Waals surface area contributed by atoms with E-state index < -0.39 is 5.97 Å². The standard InChI is InChI=1S/C23H22N2O3/c1-16-7-9-19(23(27)28-4)15-21(16)25-13-11-18-10-8-17(6-5-12-24(2)3)14-20(18)22(25)26/h7-11,13-15H,12H2,1-4H3. The van der Waals surface area contributed by atoms with Crippen LogP contribution >= 0.6 is 0 Å². The van der Waals surface area contributed by atoms with Crippen LogP contribution in [0.15, 0.2) is 53.5 Å². The van der Waals surface area contributed by atoms with E-state index in [2.05, 4.69) is 11.8 Å². The van der Waals surface area contributed by atoms with Crippen LogP contribution in [-0.2, 0) is 4.74 Å². The summed E-state index contributed by atoms with van der Waals surface area (Å²) in [6, 6.07) is 12.7. The number of fused-ring (bicyclic) bond motifs is 1. The zero-order chi connectivity index (χ0) is 20.3. The molecule has 0 aliphatic heterocycles. The van der Waals surface area contributed by atoms with E-state index in [-0.39, 0.29) is 5.56 Å². The highest BCUT2D eigenvalue weighted by Gasteiger charge is 2.12. The van der Waals surface area contributed by atoms with Gasteiger partial charge in [0.25, 0.3) is 5.56 Å². The number of benzene rings is 2. The van der Waals surface area contributed by atoms with Gasteiger partial charge >= 0.3 is 5.97 Å². The van der Waals surface area contributed by atoms with E-state index >= 15 is 0 Å². The number of rotatable bonds is 3. The highest BCUT2D eigenvalue weighted by molar-refractivity contribution is 5.90. The van der Waals surface area contributed by atoms with Crippen molar-refractivity contribution in [2.24, 2.45) is 0 Å². The summed E-state index contributed by atoms with van der Waals surface area (Å²) < 4.78 is 6.35. The fourth-order valence-electron chi connectivity index (χ4n) is 2.92. The lowest BCUT2D eigenvalue weighted by atomic mass is 10.1. The van der Waals surface area contributed by atoms with Crippen molar-refractivity contribution < 1.29 is 9.53 Å². The Morgan fingerprint density at radius 2 is 1.93 bits per heavy atom. The number of esters is 1. The van der Waals surface area contributed by atoms with E-state index in [9.17, 15) is 9.59 Å². The molecule has 0 spiro atoms. The number of ether oxygens (including phenoxy) is 1. The van der Waals surface area contributed by atoms with E-state index in [4.69, 9.17) is 4.74 Å².